The fraction of sp³-hybridized carbons (Fsp3) is 0. The first-order valence-corrected chi connectivity index (χ1v) is 6.45. The molecule has 4 N–H and O–H groups in total. The van der Waals surface area contributed by atoms with Crippen LogP contribution in [0, 0.1) is 11.3 Å². The number of benzene rings is 1. The Kier molecular flexibility index (Phi) is 4.60. The molecule has 0 saturated heterocycles. The van der Waals surface area contributed by atoms with Crippen LogP contribution in [-0.4, -0.2) is 10.9 Å². The van der Waals surface area contributed by atoms with Crippen LogP contribution in [0.4, 0.5) is 11.5 Å². The number of nitrogens with zero attached hydrogens (tertiary/aromatic N) is 2. The summed E-state index contributed by atoms with van der Waals surface area (Å²) in [4.78, 5) is 16.2. The van der Waals surface area contributed by atoms with E-state index in [1.165, 1.54) is 24.3 Å². The lowest BCUT2D eigenvalue weighted by atomic mass is 10.2. The largest absolute Gasteiger partial charge is 0.319 e. The van der Waals surface area contributed by atoms with Gasteiger partial charge in [-0.15, -0.1) is 0 Å². The van der Waals surface area contributed by atoms with Crippen LogP contribution in [0.15, 0.2) is 30.3 Å². The summed E-state index contributed by atoms with van der Waals surface area (Å²) in [5.41, 5.74) is 2.86. The van der Waals surface area contributed by atoms with Crippen LogP contribution in [-0.2, 0) is 0 Å². The first kappa shape index (κ1) is 15.1. The van der Waals surface area contributed by atoms with Gasteiger partial charge in [0.15, 0.2) is 0 Å². The molecule has 8 heteroatoms. The maximum absolute atomic E-state index is 12.2. The minimum atomic E-state index is -0.573. The molecule has 6 nitrogen and oxygen atoms in total. The molecule has 21 heavy (non-hydrogen) atoms. The molecule has 0 aliphatic heterocycles. The van der Waals surface area contributed by atoms with Crippen LogP contribution in [0.1, 0.15) is 16.1 Å². The third-order valence-electron chi connectivity index (χ3n) is 2.56. The number of hydrogen-bond acceptors (Lipinski definition) is 5. The normalized spacial score (nSPS) is 9.81. The van der Waals surface area contributed by atoms with E-state index in [0.29, 0.717) is 5.02 Å². The van der Waals surface area contributed by atoms with Crippen molar-refractivity contribution in [1.82, 2.24) is 4.98 Å². The molecule has 0 radical (unpaired) electrons. The highest BCUT2D eigenvalue weighted by atomic mass is 35.5. The molecule has 1 heterocycles. The number of nitriles is 1. The van der Waals surface area contributed by atoms with Crippen LogP contribution in [0.25, 0.3) is 0 Å². The predicted molar refractivity (Wildman–Crippen MR) is 81.2 cm³/mol. The zero-order valence-corrected chi connectivity index (χ0v) is 12.0. The Morgan fingerprint density at radius 1 is 1.29 bits per heavy atom. The molecule has 0 aliphatic rings. The van der Waals surface area contributed by atoms with Gasteiger partial charge in [-0.2, -0.15) is 5.26 Å². The predicted octanol–water partition coefficient (Wildman–Crippen LogP) is 2.80. The topological polar surface area (TPSA) is 104 Å². The Morgan fingerprint density at radius 2 is 2.05 bits per heavy atom. The van der Waals surface area contributed by atoms with E-state index in [4.69, 9.17) is 34.3 Å². The molecule has 0 bridgehead atoms. The molecule has 0 spiro atoms. The van der Waals surface area contributed by atoms with Crippen molar-refractivity contribution in [3.05, 3.63) is 51.6 Å². The summed E-state index contributed by atoms with van der Waals surface area (Å²) in [6.45, 7) is 0. The quantitative estimate of drug-likeness (QED) is 0.595. The van der Waals surface area contributed by atoms with Crippen molar-refractivity contribution in [2.24, 2.45) is 5.84 Å². The SMILES string of the molecule is N#Cc1ccc(Cl)cc1NC(=O)c1nc(NN)ccc1Cl. The van der Waals surface area contributed by atoms with Crippen LogP contribution in [0.5, 0.6) is 0 Å². The maximum atomic E-state index is 12.2. The number of aromatic nitrogens is 1. The summed E-state index contributed by atoms with van der Waals surface area (Å²) < 4.78 is 0. The average Bonchev–Trinajstić information content (AvgIpc) is 2.48. The van der Waals surface area contributed by atoms with Gasteiger partial charge >= 0.3 is 0 Å². The van der Waals surface area contributed by atoms with Gasteiger partial charge in [-0.25, -0.2) is 10.8 Å². The van der Waals surface area contributed by atoms with Crippen molar-refractivity contribution in [2.75, 3.05) is 10.7 Å². The van der Waals surface area contributed by atoms with E-state index >= 15 is 0 Å². The Balaban J connectivity index is 2.35. The number of hydrazine groups is 1. The van der Waals surface area contributed by atoms with Gasteiger partial charge in [0.25, 0.3) is 5.91 Å². The number of anilines is 2. The molecule has 1 aromatic carbocycles. The molecule has 1 aromatic heterocycles. The highest BCUT2D eigenvalue weighted by Crippen LogP contribution is 2.23. The zero-order chi connectivity index (χ0) is 15.4. The highest BCUT2D eigenvalue weighted by molar-refractivity contribution is 6.34. The van der Waals surface area contributed by atoms with Crippen molar-refractivity contribution in [2.45, 2.75) is 0 Å². The molecular formula is C13H9Cl2N5O. The summed E-state index contributed by atoms with van der Waals surface area (Å²) in [6.07, 6.45) is 0. The Hall–Kier alpha value is -2.33. The number of amides is 1. The summed E-state index contributed by atoms with van der Waals surface area (Å²) in [6, 6.07) is 9.50. The number of nitrogens with two attached hydrogens (primary N) is 1. The lowest BCUT2D eigenvalue weighted by Gasteiger charge is -2.09. The fourth-order valence-electron chi connectivity index (χ4n) is 1.58. The highest BCUT2D eigenvalue weighted by Gasteiger charge is 2.15. The Bertz CT molecular complexity index is 742. The minimum Gasteiger partial charge on any atom is -0.319 e. The van der Waals surface area contributed by atoms with Gasteiger partial charge in [-0.3, -0.25) is 4.79 Å². The van der Waals surface area contributed by atoms with Crippen LogP contribution in [0.2, 0.25) is 10.0 Å². The van der Waals surface area contributed by atoms with Gasteiger partial charge in [0, 0.05) is 5.02 Å². The number of hydrogen-bond donors (Lipinski definition) is 3. The van der Waals surface area contributed by atoms with Crippen molar-refractivity contribution >= 4 is 40.6 Å². The van der Waals surface area contributed by atoms with Gasteiger partial charge in [0.2, 0.25) is 0 Å². The van der Waals surface area contributed by atoms with Crippen molar-refractivity contribution in [3.8, 4) is 6.07 Å². The fourth-order valence-corrected chi connectivity index (χ4v) is 1.94. The molecular weight excluding hydrogens is 313 g/mol. The molecule has 0 fully saturated rings. The molecule has 0 saturated carbocycles. The van der Waals surface area contributed by atoms with Crippen molar-refractivity contribution in [1.29, 1.82) is 5.26 Å². The molecule has 106 valence electrons. The van der Waals surface area contributed by atoms with Crippen molar-refractivity contribution in [3.63, 3.8) is 0 Å². The van der Waals surface area contributed by atoms with Gasteiger partial charge < -0.3 is 10.7 Å². The second-order valence-electron chi connectivity index (χ2n) is 3.93. The number of halogens is 2. The number of pyridine rings is 1. The molecule has 2 rings (SSSR count). The summed E-state index contributed by atoms with van der Waals surface area (Å²) in [5, 5.41) is 12.1. The van der Waals surface area contributed by atoms with E-state index in [9.17, 15) is 4.79 Å². The van der Waals surface area contributed by atoms with Gasteiger partial charge in [0.05, 0.1) is 16.3 Å². The standard InChI is InChI=1S/C13H9Cl2N5O/c14-8-2-1-7(6-16)10(5-8)18-13(21)12-9(15)3-4-11(19-12)20-17/h1-5H,17H2,(H,18,21)(H,19,20). The van der Waals surface area contributed by atoms with E-state index in [1.807, 2.05) is 6.07 Å². The minimum absolute atomic E-state index is 0.0176. The Labute approximate surface area is 130 Å². The number of nitrogens with one attached hydrogen (secondary N) is 2. The smallest absolute Gasteiger partial charge is 0.275 e. The summed E-state index contributed by atoms with van der Waals surface area (Å²) >= 11 is 11.8. The molecule has 0 atom stereocenters. The third kappa shape index (κ3) is 3.41. The lowest BCUT2D eigenvalue weighted by Crippen LogP contribution is -2.17. The second-order valence-corrected chi connectivity index (χ2v) is 4.77. The summed E-state index contributed by atoms with van der Waals surface area (Å²) in [5.74, 6) is 4.95. The van der Waals surface area contributed by atoms with Gasteiger partial charge in [0.1, 0.15) is 17.6 Å². The lowest BCUT2D eigenvalue weighted by molar-refractivity contribution is 0.102. The molecule has 0 unspecified atom stereocenters. The average molecular weight is 322 g/mol. The zero-order valence-electron chi connectivity index (χ0n) is 10.5. The van der Waals surface area contributed by atoms with Crippen LogP contribution < -0.4 is 16.6 Å². The monoisotopic (exact) mass is 321 g/mol. The maximum Gasteiger partial charge on any atom is 0.275 e. The third-order valence-corrected chi connectivity index (χ3v) is 3.10. The number of nitrogen functional groups attached to an aromatic ring is 1. The van der Waals surface area contributed by atoms with E-state index < -0.39 is 5.91 Å². The number of carbonyl (C=O) groups excluding carboxylic acids is 1. The summed E-state index contributed by atoms with van der Waals surface area (Å²) in [7, 11) is 0. The number of carbonyl (C=O) groups is 1. The van der Waals surface area contributed by atoms with E-state index in [-0.39, 0.29) is 27.8 Å². The van der Waals surface area contributed by atoms with Crippen molar-refractivity contribution < 1.29 is 4.79 Å². The van der Waals surface area contributed by atoms with Crippen LogP contribution >= 0.6 is 23.2 Å². The molecule has 2 aromatic rings. The van der Waals surface area contributed by atoms with Crippen LogP contribution in [0.3, 0.4) is 0 Å². The molecule has 0 aliphatic carbocycles. The van der Waals surface area contributed by atoms with E-state index in [0.717, 1.165) is 0 Å². The van der Waals surface area contributed by atoms with E-state index in [1.54, 1.807) is 6.07 Å². The number of rotatable bonds is 3. The second kappa shape index (κ2) is 6.41. The molecule has 1 amide bonds. The Morgan fingerprint density at radius 3 is 2.71 bits per heavy atom. The first-order chi connectivity index (χ1) is 10.0. The van der Waals surface area contributed by atoms with Gasteiger partial charge in [-0.05, 0) is 30.3 Å². The first-order valence-electron chi connectivity index (χ1n) is 5.69. The van der Waals surface area contributed by atoms with Gasteiger partial charge in [-0.1, -0.05) is 23.2 Å². The van der Waals surface area contributed by atoms with E-state index in [2.05, 4.69) is 15.7 Å².